The van der Waals surface area contributed by atoms with E-state index in [4.69, 9.17) is 4.74 Å². The van der Waals surface area contributed by atoms with Crippen molar-refractivity contribution in [2.24, 2.45) is 0 Å². The van der Waals surface area contributed by atoms with Crippen LogP contribution in [-0.2, 0) is 10.0 Å². The minimum Gasteiger partial charge on any atom is -0.455 e. The zero-order chi connectivity index (χ0) is 23.1. The fourth-order valence-corrected chi connectivity index (χ4v) is 4.72. The van der Waals surface area contributed by atoms with E-state index < -0.39 is 10.0 Å². The fourth-order valence-electron chi connectivity index (χ4n) is 3.65. The molecule has 1 heterocycles. The predicted octanol–water partition coefficient (Wildman–Crippen LogP) is 5.69. The lowest BCUT2D eigenvalue weighted by atomic mass is 10.2. The first-order valence-electron chi connectivity index (χ1n) is 11.0. The Morgan fingerprint density at radius 1 is 0.788 bits per heavy atom. The lowest BCUT2D eigenvalue weighted by Crippen LogP contribution is -2.35. The van der Waals surface area contributed by atoms with Crippen molar-refractivity contribution in [3.8, 4) is 11.5 Å². The van der Waals surface area contributed by atoms with Gasteiger partial charge in [0.15, 0.2) is 5.75 Å². The lowest BCUT2D eigenvalue weighted by Gasteiger charge is -2.20. The molecule has 1 fully saturated rings. The summed E-state index contributed by atoms with van der Waals surface area (Å²) in [6.45, 7) is 1.49. The van der Waals surface area contributed by atoms with Gasteiger partial charge >= 0.3 is 6.03 Å². The normalized spacial score (nSPS) is 14.2. The van der Waals surface area contributed by atoms with Crippen LogP contribution in [0.1, 0.15) is 25.7 Å². The number of nitrogens with one attached hydrogen (secondary N) is 2. The molecule has 33 heavy (non-hydrogen) atoms. The first-order chi connectivity index (χ1) is 16.0. The van der Waals surface area contributed by atoms with Crippen LogP contribution < -0.4 is 14.8 Å². The van der Waals surface area contributed by atoms with Crippen molar-refractivity contribution >= 4 is 27.4 Å². The van der Waals surface area contributed by atoms with Gasteiger partial charge in [-0.1, -0.05) is 43.2 Å². The Hall–Kier alpha value is -3.52. The number of nitrogens with zero attached hydrogens (tertiary/aromatic N) is 1. The molecule has 2 amide bonds. The summed E-state index contributed by atoms with van der Waals surface area (Å²) >= 11 is 0. The maximum absolute atomic E-state index is 13.0. The second-order valence-corrected chi connectivity index (χ2v) is 9.55. The third-order valence-corrected chi connectivity index (χ3v) is 6.79. The summed E-state index contributed by atoms with van der Waals surface area (Å²) in [5.74, 6) is 1.00. The van der Waals surface area contributed by atoms with Crippen molar-refractivity contribution < 1.29 is 17.9 Å². The molecule has 0 spiro atoms. The van der Waals surface area contributed by atoms with Crippen LogP contribution in [0.4, 0.5) is 16.2 Å². The molecule has 3 aromatic carbocycles. The van der Waals surface area contributed by atoms with Gasteiger partial charge in [-0.15, -0.1) is 0 Å². The molecule has 0 bridgehead atoms. The van der Waals surface area contributed by atoms with Crippen LogP contribution in [0, 0.1) is 0 Å². The number of anilines is 2. The van der Waals surface area contributed by atoms with Gasteiger partial charge in [-0.25, -0.2) is 13.2 Å². The Labute approximate surface area is 194 Å². The Morgan fingerprint density at radius 3 is 2.12 bits per heavy atom. The number of hydrogen-bond acceptors (Lipinski definition) is 4. The number of likely N-dealkylation sites (tertiary alicyclic amines) is 1. The molecule has 1 saturated heterocycles. The molecule has 1 aliphatic heterocycles. The molecule has 0 unspecified atom stereocenters. The van der Waals surface area contributed by atoms with Gasteiger partial charge in [-0.3, -0.25) is 4.72 Å². The molecular formula is C25H27N3O4S. The van der Waals surface area contributed by atoms with Crippen LogP contribution in [0.2, 0.25) is 0 Å². The minimum absolute atomic E-state index is 0.0878. The summed E-state index contributed by atoms with van der Waals surface area (Å²) in [6.07, 6.45) is 4.29. The first kappa shape index (κ1) is 22.7. The highest BCUT2D eigenvalue weighted by atomic mass is 32.2. The molecule has 172 valence electrons. The van der Waals surface area contributed by atoms with Gasteiger partial charge in [0, 0.05) is 18.8 Å². The molecule has 0 aromatic heterocycles. The second kappa shape index (κ2) is 10.4. The van der Waals surface area contributed by atoms with E-state index in [0.29, 0.717) is 22.9 Å². The minimum atomic E-state index is -3.85. The third kappa shape index (κ3) is 6.04. The largest absolute Gasteiger partial charge is 0.455 e. The molecule has 7 nitrogen and oxygen atoms in total. The second-order valence-electron chi connectivity index (χ2n) is 7.87. The number of para-hydroxylation sites is 3. The van der Waals surface area contributed by atoms with Crippen LogP contribution in [0.5, 0.6) is 11.5 Å². The maximum Gasteiger partial charge on any atom is 0.321 e. The van der Waals surface area contributed by atoms with Crippen molar-refractivity contribution in [3.63, 3.8) is 0 Å². The Balaban J connectivity index is 1.44. The predicted molar refractivity (Wildman–Crippen MR) is 129 cm³/mol. The standard InChI is InChI=1S/C25H27N3O4S/c29-25(28-18-8-1-2-9-19-28)26-20-14-16-22(17-15-20)33(30,31)27-23-12-6-7-13-24(23)32-21-10-4-3-5-11-21/h3-7,10-17,27H,1-2,8-9,18-19H2,(H,26,29). The van der Waals surface area contributed by atoms with Gasteiger partial charge < -0.3 is 15.0 Å². The number of hydrogen-bond donors (Lipinski definition) is 2. The summed E-state index contributed by atoms with van der Waals surface area (Å²) in [7, 11) is -3.85. The Morgan fingerprint density at radius 2 is 1.42 bits per heavy atom. The van der Waals surface area contributed by atoms with Crippen molar-refractivity contribution in [2.45, 2.75) is 30.6 Å². The van der Waals surface area contributed by atoms with Crippen LogP contribution >= 0.6 is 0 Å². The zero-order valence-corrected chi connectivity index (χ0v) is 19.1. The van der Waals surface area contributed by atoms with E-state index in [1.807, 2.05) is 23.1 Å². The molecule has 2 N–H and O–H groups in total. The number of carbonyl (C=O) groups excluding carboxylic acids is 1. The van der Waals surface area contributed by atoms with E-state index >= 15 is 0 Å². The number of ether oxygens (including phenoxy) is 1. The third-order valence-electron chi connectivity index (χ3n) is 5.41. The first-order valence-corrected chi connectivity index (χ1v) is 12.5. The van der Waals surface area contributed by atoms with E-state index in [2.05, 4.69) is 10.0 Å². The summed E-state index contributed by atoms with van der Waals surface area (Å²) in [6, 6.07) is 22.0. The number of amides is 2. The Bertz CT molecular complexity index is 1170. The summed E-state index contributed by atoms with van der Waals surface area (Å²) < 4.78 is 34.4. The van der Waals surface area contributed by atoms with E-state index in [1.165, 1.54) is 12.1 Å². The molecule has 0 saturated carbocycles. The average molecular weight is 466 g/mol. The van der Waals surface area contributed by atoms with Gasteiger partial charge in [0.2, 0.25) is 0 Å². The summed E-state index contributed by atoms with van der Waals surface area (Å²) in [5, 5.41) is 2.86. The lowest BCUT2D eigenvalue weighted by molar-refractivity contribution is 0.214. The molecular weight excluding hydrogens is 438 g/mol. The average Bonchev–Trinajstić information content (AvgIpc) is 3.11. The molecule has 3 aromatic rings. The highest BCUT2D eigenvalue weighted by Crippen LogP contribution is 2.31. The number of sulfonamides is 1. The van der Waals surface area contributed by atoms with Gasteiger partial charge in [-0.05, 0) is 61.4 Å². The van der Waals surface area contributed by atoms with Crippen LogP contribution in [0.15, 0.2) is 83.8 Å². The topological polar surface area (TPSA) is 87.7 Å². The monoisotopic (exact) mass is 465 g/mol. The van der Waals surface area contributed by atoms with Crippen molar-refractivity contribution in [1.82, 2.24) is 4.90 Å². The summed E-state index contributed by atoms with van der Waals surface area (Å²) in [5.41, 5.74) is 0.885. The van der Waals surface area contributed by atoms with Crippen molar-refractivity contribution in [2.75, 3.05) is 23.1 Å². The van der Waals surface area contributed by atoms with Gasteiger partial charge in [0.1, 0.15) is 5.75 Å². The SMILES string of the molecule is O=C(Nc1ccc(S(=O)(=O)Nc2ccccc2Oc2ccccc2)cc1)N1CCCCCC1. The van der Waals surface area contributed by atoms with Crippen LogP contribution in [-0.4, -0.2) is 32.4 Å². The van der Waals surface area contributed by atoms with Crippen LogP contribution in [0.3, 0.4) is 0 Å². The molecule has 4 rings (SSSR count). The number of rotatable bonds is 6. The molecule has 1 aliphatic rings. The van der Waals surface area contributed by atoms with Gasteiger partial charge in [-0.2, -0.15) is 0 Å². The molecule has 0 radical (unpaired) electrons. The molecule has 0 atom stereocenters. The van der Waals surface area contributed by atoms with E-state index in [-0.39, 0.29) is 10.9 Å². The maximum atomic E-state index is 13.0. The van der Waals surface area contributed by atoms with Crippen molar-refractivity contribution in [3.05, 3.63) is 78.9 Å². The zero-order valence-electron chi connectivity index (χ0n) is 18.2. The number of carbonyl (C=O) groups is 1. The highest BCUT2D eigenvalue weighted by Gasteiger charge is 2.18. The molecule has 8 heteroatoms. The van der Waals surface area contributed by atoms with Gasteiger partial charge in [0.25, 0.3) is 10.0 Å². The quantitative estimate of drug-likeness (QED) is 0.490. The smallest absolute Gasteiger partial charge is 0.321 e. The Kier molecular flexibility index (Phi) is 7.14. The van der Waals surface area contributed by atoms with E-state index in [9.17, 15) is 13.2 Å². The van der Waals surface area contributed by atoms with E-state index in [0.717, 1.165) is 38.8 Å². The summed E-state index contributed by atoms with van der Waals surface area (Å²) in [4.78, 5) is 14.4. The number of benzene rings is 3. The molecule has 0 aliphatic carbocycles. The van der Waals surface area contributed by atoms with Crippen molar-refractivity contribution in [1.29, 1.82) is 0 Å². The van der Waals surface area contributed by atoms with Crippen LogP contribution in [0.25, 0.3) is 0 Å². The highest BCUT2D eigenvalue weighted by molar-refractivity contribution is 7.92. The number of urea groups is 1. The fraction of sp³-hybridized carbons (Fsp3) is 0.240. The van der Waals surface area contributed by atoms with Gasteiger partial charge in [0.05, 0.1) is 10.6 Å². The van der Waals surface area contributed by atoms with E-state index in [1.54, 1.807) is 48.5 Å².